The maximum Gasteiger partial charge on any atom is 0.540 e. The monoisotopic (exact) mass is 626 g/mol. The molecule has 5 rings (SSSR count). The highest BCUT2D eigenvalue weighted by atomic mass is 28.4. The van der Waals surface area contributed by atoms with E-state index in [4.69, 9.17) is 14.0 Å². The second-order valence-corrected chi connectivity index (χ2v) is 19.9. The highest BCUT2D eigenvalue weighted by Gasteiger charge is 2.61. The van der Waals surface area contributed by atoms with E-state index in [2.05, 4.69) is 46.7 Å². The van der Waals surface area contributed by atoms with Crippen molar-refractivity contribution >= 4 is 25.9 Å². The summed E-state index contributed by atoms with van der Waals surface area (Å²) in [5.74, 6) is 3.41. The average molecular weight is 627 g/mol. The summed E-state index contributed by atoms with van der Waals surface area (Å²) in [5.41, 5.74) is 1.38. The van der Waals surface area contributed by atoms with Crippen LogP contribution in [0.2, 0.25) is 18.1 Å². The lowest BCUT2D eigenvalue weighted by Gasteiger charge is -2.62. The molecule has 0 heterocycles. The van der Waals surface area contributed by atoms with Gasteiger partial charge in [-0.2, -0.15) is 0 Å². The molecule has 0 spiro atoms. The quantitative estimate of drug-likeness (QED) is 0.0514. The van der Waals surface area contributed by atoms with E-state index in [-0.39, 0.29) is 28.4 Å². The summed E-state index contributed by atoms with van der Waals surface area (Å²) in [7, 11) is -1.65. The Balaban J connectivity index is 1.22. The third kappa shape index (κ3) is 5.99. The van der Waals surface area contributed by atoms with Gasteiger partial charge in [0, 0.05) is 18.1 Å². The molecule has 0 amide bonds. The zero-order chi connectivity index (χ0) is 31.9. The molecule has 1 unspecified atom stereocenters. The van der Waals surface area contributed by atoms with Gasteiger partial charge in [-0.05, 0) is 136 Å². The fourth-order valence-corrected chi connectivity index (χ4v) is 13.8. The smallest absolute Gasteiger partial charge is 0.412 e. The van der Waals surface area contributed by atoms with Crippen LogP contribution in [0.4, 0.5) is 10.5 Å². The number of non-ortho nitro benzene ring substituents is 1. The van der Waals surface area contributed by atoms with Gasteiger partial charge in [0.25, 0.3) is 5.69 Å². The number of nitrogens with zero attached hydrogens (tertiary/aromatic N) is 2. The van der Waals surface area contributed by atoms with E-state index in [0.717, 1.165) is 29.9 Å². The van der Waals surface area contributed by atoms with Gasteiger partial charge in [0.05, 0.1) is 16.2 Å². The van der Waals surface area contributed by atoms with Crippen LogP contribution in [0.25, 0.3) is 0 Å². The van der Waals surface area contributed by atoms with Gasteiger partial charge in [-0.25, -0.2) is 4.79 Å². The van der Waals surface area contributed by atoms with Gasteiger partial charge in [0.15, 0.2) is 8.32 Å². The molecule has 8 atom stereocenters. The molecule has 0 radical (unpaired) electrons. The Morgan fingerprint density at radius 3 is 2.23 bits per heavy atom. The van der Waals surface area contributed by atoms with Crippen molar-refractivity contribution in [2.45, 2.75) is 130 Å². The van der Waals surface area contributed by atoms with Gasteiger partial charge in [-0.1, -0.05) is 39.8 Å². The maximum absolute atomic E-state index is 12.4. The summed E-state index contributed by atoms with van der Waals surface area (Å²) in [6.07, 6.45) is 10.2. The number of benzene rings is 1. The molecule has 244 valence electrons. The standard InChI is InChI=1S/C35H54N2O6Si/c1-8-44(9-2,10-3)43-33(5)21-22-34(6)25(23-33)11-16-28-30-18-17-29(35(30,7)20-19-31(28)34)24(4)36-42-32(38)41-27-14-12-26(13-15-27)37(39)40/h12-15,25,28-31H,8-11,16-23H2,1-7H3/b36-24+/t25?,28-,29+,30-,31-,33+,34-,35+/m0/s1. The number of oxime groups is 1. The lowest BCUT2D eigenvalue weighted by atomic mass is 9.44. The molecular weight excluding hydrogens is 572 g/mol. The summed E-state index contributed by atoms with van der Waals surface area (Å²) in [4.78, 5) is 27.9. The number of hydrogen-bond donors (Lipinski definition) is 0. The molecule has 9 heteroatoms. The van der Waals surface area contributed by atoms with Crippen LogP contribution in [0.15, 0.2) is 29.4 Å². The number of nitro groups is 1. The molecule has 8 nitrogen and oxygen atoms in total. The SMILES string of the molecule is CC[Si](CC)(CC)O[C@]1(C)CC[C@@]2(C)C(CC[C@H]3[C@@H]4CC[C@H](/C(C)=N/OC(=O)Oc5ccc([N+](=O)[O-])cc5)[C@@]4(C)CC[C@@H]32)C1. The van der Waals surface area contributed by atoms with E-state index in [1.165, 1.54) is 93.8 Å². The van der Waals surface area contributed by atoms with Crippen molar-refractivity contribution in [1.29, 1.82) is 0 Å². The highest BCUT2D eigenvalue weighted by Crippen LogP contribution is 2.68. The molecule has 1 aromatic rings. The van der Waals surface area contributed by atoms with Crippen LogP contribution in [0.5, 0.6) is 5.75 Å². The van der Waals surface area contributed by atoms with Crippen LogP contribution in [-0.2, 0) is 9.26 Å². The van der Waals surface area contributed by atoms with Crippen molar-refractivity contribution in [1.82, 2.24) is 0 Å². The van der Waals surface area contributed by atoms with E-state index in [0.29, 0.717) is 11.3 Å². The fraction of sp³-hybridized carbons (Fsp3) is 0.771. The molecule has 0 aromatic heterocycles. The topological polar surface area (TPSA) is 100 Å². The summed E-state index contributed by atoms with van der Waals surface area (Å²) in [5, 5.41) is 15.1. The number of ether oxygens (including phenoxy) is 1. The Morgan fingerprint density at radius 2 is 1.59 bits per heavy atom. The van der Waals surface area contributed by atoms with Gasteiger partial charge < -0.3 is 9.16 Å². The number of carbonyl (C=O) groups excluding carboxylic acids is 1. The third-order valence-corrected chi connectivity index (χ3v) is 18.1. The van der Waals surface area contributed by atoms with Crippen LogP contribution in [0, 0.1) is 50.5 Å². The molecule has 0 bridgehead atoms. The predicted molar refractivity (Wildman–Crippen MR) is 175 cm³/mol. The van der Waals surface area contributed by atoms with Crippen molar-refractivity contribution < 1.29 is 23.7 Å². The Morgan fingerprint density at radius 1 is 0.932 bits per heavy atom. The first-order valence-corrected chi connectivity index (χ1v) is 19.7. The van der Waals surface area contributed by atoms with Gasteiger partial charge in [0.1, 0.15) is 5.75 Å². The van der Waals surface area contributed by atoms with E-state index >= 15 is 0 Å². The van der Waals surface area contributed by atoms with Crippen LogP contribution in [0.1, 0.15) is 106 Å². The molecule has 0 aliphatic heterocycles. The first kappa shape index (κ1) is 33.1. The number of fused-ring (bicyclic) bond motifs is 5. The molecule has 4 aliphatic rings. The first-order valence-electron chi connectivity index (χ1n) is 17.2. The van der Waals surface area contributed by atoms with Crippen LogP contribution in [0.3, 0.4) is 0 Å². The third-order valence-electron chi connectivity index (χ3n) is 13.3. The number of rotatable bonds is 9. The van der Waals surface area contributed by atoms with Crippen LogP contribution >= 0.6 is 0 Å². The zero-order valence-corrected chi connectivity index (χ0v) is 29.0. The molecule has 4 aliphatic carbocycles. The lowest BCUT2D eigenvalue weighted by molar-refractivity contribution is -0.384. The van der Waals surface area contributed by atoms with Crippen molar-refractivity contribution in [2.24, 2.45) is 45.6 Å². The largest absolute Gasteiger partial charge is 0.540 e. The van der Waals surface area contributed by atoms with E-state index < -0.39 is 19.4 Å². The Hall–Kier alpha value is -2.26. The van der Waals surface area contributed by atoms with E-state index in [9.17, 15) is 14.9 Å². The molecule has 4 fully saturated rings. The minimum absolute atomic E-state index is 0.0418. The van der Waals surface area contributed by atoms with Crippen molar-refractivity contribution in [3.05, 3.63) is 34.4 Å². The van der Waals surface area contributed by atoms with Gasteiger partial charge in [-0.3, -0.25) is 15.0 Å². The summed E-state index contributed by atoms with van der Waals surface area (Å²) in [6.45, 7) is 16.6. The molecule has 0 N–H and O–H groups in total. The zero-order valence-electron chi connectivity index (χ0n) is 28.0. The molecule has 44 heavy (non-hydrogen) atoms. The minimum Gasteiger partial charge on any atom is -0.412 e. The van der Waals surface area contributed by atoms with Crippen molar-refractivity contribution in [2.75, 3.05) is 0 Å². The van der Waals surface area contributed by atoms with Gasteiger partial charge in [-0.15, -0.1) is 0 Å². The number of nitro benzene ring substituents is 1. The van der Waals surface area contributed by atoms with E-state index in [1.54, 1.807) is 0 Å². The van der Waals surface area contributed by atoms with Gasteiger partial charge >= 0.3 is 6.16 Å². The normalized spacial score (nSPS) is 37.0. The second-order valence-electron chi connectivity index (χ2n) is 15.3. The molecule has 1 aromatic carbocycles. The lowest BCUT2D eigenvalue weighted by Crippen LogP contribution is -2.57. The molecule has 4 saturated carbocycles. The molecule has 0 saturated heterocycles. The predicted octanol–water partition coefficient (Wildman–Crippen LogP) is 9.93. The maximum atomic E-state index is 12.4. The molecular formula is C35H54N2O6Si. The Kier molecular flexibility index (Phi) is 9.41. The summed E-state index contributed by atoms with van der Waals surface area (Å²) < 4.78 is 12.4. The number of hydrogen-bond acceptors (Lipinski definition) is 7. The van der Waals surface area contributed by atoms with Crippen molar-refractivity contribution in [3.8, 4) is 5.75 Å². The minimum atomic E-state index is -1.65. The Bertz CT molecular complexity index is 1240. The van der Waals surface area contributed by atoms with Gasteiger partial charge in [0.2, 0.25) is 0 Å². The van der Waals surface area contributed by atoms with Crippen molar-refractivity contribution in [3.63, 3.8) is 0 Å². The first-order chi connectivity index (χ1) is 20.8. The summed E-state index contributed by atoms with van der Waals surface area (Å²) in [6, 6.07) is 9.00. The average Bonchev–Trinajstić information content (AvgIpc) is 3.37. The van der Waals surface area contributed by atoms with E-state index in [1.807, 2.05) is 6.92 Å². The fourth-order valence-electron chi connectivity index (χ4n) is 10.6. The Labute approximate surface area is 265 Å². The van der Waals surface area contributed by atoms with Crippen LogP contribution in [-0.4, -0.2) is 30.7 Å². The summed E-state index contributed by atoms with van der Waals surface area (Å²) >= 11 is 0. The highest BCUT2D eigenvalue weighted by molar-refractivity contribution is 6.73. The van der Waals surface area contributed by atoms with Crippen LogP contribution < -0.4 is 4.74 Å². The number of carbonyl (C=O) groups is 1. The second kappa shape index (κ2) is 12.5.